The molecule has 4 heteroatoms. The van der Waals surface area contributed by atoms with Crippen molar-refractivity contribution in [3.8, 4) is 0 Å². The van der Waals surface area contributed by atoms with Gasteiger partial charge < -0.3 is 10.2 Å². The summed E-state index contributed by atoms with van der Waals surface area (Å²) in [7, 11) is 2.15. The summed E-state index contributed by atoms with van der Waals surface area (Å²) in [6, 6.07) is 7.75. The highest BCUT2D eigenvalue weighted by Gasteiger charge is 2.17. The zero-order chi connectivity index (χ0) is 13.7. The standard InChI is InChI=1S/C15H22N2OS/c1-17-8-6-13(7-9-17)11-16-15(18)10-12-2-4-14(19)5-3-12/h2-5,13,19H,6-11H2,1H3,(H,16,18). The minimum atomic E-state index is 0.117. The molecule has 0 bridgehead atoms. The summed E-state index contributed by atoms with van der Waals surface area (Å²) in [5.41, 5.74) is 1.04. The zero-order valence-electron chi connectivity index (χ0n) is 11.4. The lowest BCUT2D eigenvalue weighted by Gasteiger charge is -2.28. The van der Waals surface area contributed by atoms with Crippen molar-refractivity contribution in [3.05, 3.63) is 29.8 Å². The van der Waals surface area contributed by atoms with Crippen LogP contribution in [-0.2, 0) is 11.2 Å². The van der Waals surface area contributed by atoms with Crippen LogP contribution in [0.4, 0.5) is 0 Å². The largest absolute Gasteiger partial charge is 0.356 e. The first-order chi connectivity index (χ1) is 9.13. The van der Waals surface area contributed by atoms with Gasteiger partial charge in [0.25, 0.3) is 0 Å². The van der Waals surface area contributed by atoms with Crippen LogP contribution in [-0.4, -0.2) is 37.5 Å². The van der Waals surface area contributed by atoms with Crippen LogP contribution in [0.15, 0.2) is 29.2 Å². The average Bonchev–Trinajstić information content (AvgIpc) is 2.41. The van der Waals surface area contributed by atoms with Gasteiger partial charge in [-0.1, -0.05) is 12.1 Å². The van der Waals surface area contributed by atoms with E-state index in [0.29, 0.717) is 12.3 Å². The molecule has 1 aliphatic rings. The van der Waals surface area contributed by atoms with Crippen LogP contribution in [0.2, 0.25) is 0 Å². The second-order valence-electron chi connectivity index (χ2n) is 5.39. The number of amides is 1. The summed E-state index contributed by atoms with van der Waals surface area (Å²) in [4.78, 5) is 15.1. The van der Waals surface area contributed by atoms with Crippen molar-refractivity contribution in [1.29, 1.82) is 0 Å². The van der Waals surface area contributed by atoms with E-state index in [2.05, 4.69) is 29.9 Å². The van der Waals surface area contributed by atoms with Crippen LogP contribution in [0.25, 0.3) is 0 Å². The third-order valence-corrected chi connectivity index (χ3v) is 4.03. The number of thiol groups is 1. The summed E-state index contributed by atoms with van der Waals surface area (Å²) in [6.45, 7) is 3.10. The predicted octanol–water partition coefficient (Wildman–Crippen LogP) is 1.98. The van der Waals surface area contributed by atoms with Gasteiger partial charge >= 0.3 is 0 Å². The van der Waals surface area contributed by atoms with Gasteiger partial charge in [-0.2, -0.15) is 0 Å². The molecule has 0 spiro atoms. The Hall–Kier alpha value is -1.00. The fourth-order valence-corrected chi connectivity index (χ4v) is 2.54. The van der Waals surface area contributed by atoms with Crippen LogP contribution in [0.1, 0.15) is 18.4 Å². The van der Waals surface area contributed by atoms with Crippen molar-refractivity contribution < 1.29 is 4.79 Å². The van der Waals surface area contributed by atoms with Crippen molar-refractivity contribution in [2.45, 2.75) is 24.2 Å². The molecular weight excluding hydrogens is 256 g/mol. The molecule has 1 aliphatic heterocycles. The molecule has 104 valence electrons. The number of nitrogens with one attached hydrogen (secondary N) is 1. The van der Waals surface area contributed by atoms with E-state index in [-0.39, 0.29) is 5.91 Å². The molecule has 0 unspecified atom stereocenters. The molecule has 1 aromatic carbocycles. The number of carbonyl (C=O) groups is 1. The van der Waals surface area contributed by atoms with Gasteiger partial charge in [-0.25, -0.2) is 0 Å². The maximum absolute atomic E-state index is 11.9. The van der Waals surface area contributed by atoms with Crippen LogP contribution >= 0.6 is 12.6 Å². The van der Waals surface area contributed by atoms with Crippen molar-refractivity contribution >= 4 is 18.5 Å². The topological polar surface area (TPSA) is 32.3 Å². The van der Waals surface area contributed by atoms with Gasteiger partial charge in [-0.15, -0.1) is 12.6 Å². The normalized spacial score (nSPS) is 17.4. The van der Waals surface area contributed by atoms with E-state index < -0.39 is 0 Å². The second-order valence-corrected chi connectivity index (χ2v) is 5.91. The molecule has 1 fully saturated rings. The molecule has 1 saturated heterocycles. The highest BCUT2D eigenvalue weighted by atomic mass is 32.1. The van der Waals surface area contributed by atoms with Crippen LogP contribution in [0, 0.1) is 5.92 Å². The third-order valence-electron chi connectivity index (χ3n) is 3.73. The molecule has 1 heterocycles. The average molecular weight is 278 g/mol. The monoisotopic (exact) mass is 278 g/mol. The van der Waals surface area contributed by atoms with E-state index in [1.165, 1.54) is 12.8 Å². The number of hydrogen-bond donors (Lipinski definition) is 2. The molecule has 0 saturated carbocycles. The van der Waals surface area contributed by atoms with Gasteiger partial charge in [-0.05, 0) is 56.6 Å². The fourth-order valence-electron chi connectivity index (χ4n) is 2.39. The highest BCUT2D eigenvalue weighted by Crippen LogP contribution is 2.14. The van der Waals surface area contributed by atoms with E-state index in [0.717, 1.165) is 30.1 Å². The lowest BCUT2D eigenvalue weighted by atomic mass is 9.97. The van der Waals surface area contributed by atoms with Crippen LogP contribution < -0.4 is 5.32 Å². The Bertz CT molecular complexity index is 411. The predicted molar refractivity (Wildman–Crippen MR) is 80.6 cm³/mol. The Morgan fingerprint density at radius 1 is 1.32 bits per heavy atom. The molecule has 1 aromatic rings. The van der Waals surface area contributed by atoms with Gasteiger partial charge in [0, 0.05) is 11.4 Å². The van der Waals surface area contributed by atoms with Gasteiger partial charge in [-0.3, -0.25) is 4.79 Å². The Balaban J connectivity index is 1.71. The van der Waals surface area contributed by atoms with Crippen molar-refractivity contribution in [3.63, 3.8) is 0 Å². The second kappa shape index (κ2) is 6.96. The first-order valence-corrected chi connectivity index (χ1v) is 7.31. The smallest absolute Gasteiger partial charge is 0.224 e. The molecule has 0 atom stereocenters. The molecule has 0 aromatic heterocycles. The van der Waals surface area contributed by atoms with Crippen molar-refractivity contribution in [2.75, 3.05) is 26.7 Å². The number of piperidine rings is 1. The first kappa shape index (κ1) is 14.4. The number of rotatable bonds is 4. The van der Waals surface area contributed by atoms with Gasteiger partial charge in [0.15, 0.2) is 0 Å². The molecule has 3 nitrogen and oxygen atoms in total. The van der Waals surface area contributed by atoms with E-state index in [1.54, 1.807) is 0 Å². The molecule has 19 heavy (non-hydrogen) atoms. The number of carbonyl (C=O) groups excluding carboxylic acids is 1. The van der Waals surface area contributed by atoms with E-state index in [4.69, 9.17) is 0 Å². The Morgan fingerprint density at radius 3 is 2.58 bits per heavy atom. The number of benzene rings is 1. The lowest BCUT2D eigenvalue weighted by Crippen LogP contribution is -2.37. The van der Waals surface area contributed by atoms with E-state index >= 15 is 0 Å². The number of nitrogens with zero attached hydrogens (tertiary/aromatic N) is 1. The molecule has 0 radical (unpaired) electrons. The summed E-state index contributed by atoms with van der Waals surface area (Å²) in [6.07, 6.45) is 2.83. The van der Waals surface area contributed by atoms with Crippen LogP contribution in [0.3, 0.4) is 0 Å². The minimum Gasteiger partial charge on any atom is -0.356 e. The Morgan fingerprint density at radius 2 is 1.95 bits per heavy atom. The van der Waals surface area contributed by atoms with Gasteiger partial charge in [0.2, 0.25) is 5.91 Å². The molecule has 1 N–H and O–H groups in total. The maximum Gasteiger partial charge on any atom is 0.224 e. The Kier molecular flexibility index (Phi) is 5.28. The zero-order valence-corrected chi connectivity index (χ0v) is 12.3. The quantitative estimate of drug-likeness (QED) is 0.826. The summed E-state index contributed by atoms with van der Waals surface area (Å²) in [5, 5.41) is 3.05. The lowest BCUT2D eigenvalue weighted by molar-refractivity contribution is -0.120. The summed E-state index contributed by atoms with van der Waals surface area (Å²) >= 11 is 4.24. The minimum absolute atomic E-state index is 0.117. The van der Waals surface area contributed by atoms with Crippen molar-refractivity contribution in [1.82, 2.24) is 10.2 Å². The van der Waals surface area contributed by atoms with Gasteiger partial charge in [0.05, 0.1) is 6.42 Å². The molecule has 0 aliphatic carbocycles. The Labute approximate surface area is 120 Å². The number of likely N-dealkylation sites (tertiary alicyclic amines) is 1. The highest BCUT2D eigenvalue weighted by molar-refractivity contribution is 7.80. The molecular formula is C15H22N2OS. The van der Waals surface area contributed by atoms with Gasteiger partial charge in [0.1, 0.15) is 0 Å². The fraction of sp³-hybridized carbons (Fsp3) is 0.533. The molecule has 2 rings (SSSR count). The first-order valence-electron chi connectivity index (χ1n) is 6.86. The van der Waals surface area contributed by atoms with E-state index in [1.807, 2.05) is 24.3 Å². The number of hydrogen-bond acceptors (Lipinski definition) is 3. The van der Waals surface area contributed by atoms with Crippen molar-refractivity contribution in [2.24, 2.45) is 5.92 Å². The summed E-state index contributed by atoms with van der Waals surface area (Å²) < 4.78 is 0. The van der Waals surface area contributed by atoms with E-state index in [9.17, 15) is 4.79 Å². The SMILES string of the molecule is CN1CCC(CNC(=O)Cc2ccc(S)cc2)CC1. The maximum atomic E-state index is 11.9. The summed E-state index contributed by atoms with van der Waals surface area (Å²) in [5.74, 6) is 0.755. The molecule has 1 amide bonds. The van der Waals surface area contributed by atoms with Crippen LogP contribution in [0.5, 0.6) is 0 Å². The third kappa shape index (κ3) is 4.88.